The molecule has 0 aliphatic heterocycles. The summed E-state index contributed by atoms with van der Waals surface area (Å²) in [6.07, 6.45) is 0. The second-order valence-corrected chi connectivity index (χ2v) is 3.67. The molecule has 0 N–H and O–H groups in total. The first-order valence-electron chi connectivity index (χ1n) is 3.89. The molecule has 1 rings (SSSR count). The van der Waals surface area contributed by atoms with E-state index in [2.05, 4.69) is 22.0 Å². The molecule has 14 heavy (non-hydrogen) atoms. The van der Waals surface area contributed by atoms with Crippen LogP contribution in [0.1, 0.15) is 18.4 Å². The van der Waals surface area contributed by atoms with Gasteiger partial charge in [0, 0.05) is 16.6 Å². The Bertz CT molecular complexity index is 412. The summed E-state index contributed by atoms with van der Waals surface area (Å²) in [5, 5.41) is 19.1. The lowest BCUT2D eigenvalue weighted by atomic mass is 10.0. The molecule has 0 aliphatic rings. The summed E-state index contributed by atoms with van der Waals surface area (Å²) in [5.74, 6) is -0.273. The maximum Gasteiger partial charge on any atom is 0.270 e. The van der Waals surface area contributed by atoms with Crippen LogP contribution in [0.15, 0.2) is 22.7 Å². The van der Waals surface area contributed by atoms with Gasteiger partial charge in [-0.25, -0.2) is 0 Å². The van der Waals surface area contributed by atoms with Crippen LogP contribution < -0.4 is 0 Å². The largest absolute Gasteiger partial charge is 0.270 e. The first-order valence-corrected chi connectivity index (χ1v) is 4.69. The van der Waals surface area contributed by atoms with E-state index in [4.69, 9.17) is 5.26 Å². The Morgan fingerprint density at radius 2 is 2.29 bits per heavy atom. The number of nitrogens with zero attached hydrogens (tertiary/aromatic N) is 2. The molecule has 0 fully saturated rings. The van der Waals surface area contributed by atoms with E-state index in [1.165, 1.54) is 12.1 Å². The third-order valence-electron chi connectivity index (χ3n) is 1.86. The number of nitro groups is 1. The van der Waals surface area contributed by atoms with Gasteiger partial charge in [0.2, 0.25) is 0 Å². The highest BCUT2D eigenvalue weighted by Crippen LogP contribution is 2.28. The quantitative estimate of drug-likeness (QED) is 0.602. The molecule has 1 aromatic rings. The van der Waals surface area contributed by atoms with E-state index in [1.54, 1.807) is 13.0 Å². The second-order valence-electron chi connectivity index (χ2n) is 2.81. The zero-order chi connectivity index (χ0) is 10.7. The second kappa shape index (κ2) is 4.20. The van der Waals surface area contributed by atoms with Crippen LogP contribution in [0.3, 0.4) is 0 Å². The molecule has 0 aliphatic carbocycles. The molecule has 0 aromatic heterocycles. The van der Waals surface area contributed by atoms with Crippen molar-refractivity contribution in [2.75, 3.05) is 0 Å². The first-order chi connectivity index (χ1) is 6.56. The lowest BCUT2D eigenvalue weighted by Gasteiger charge is -2.04. The normalized spacial score (nSPS) is 11.8. The molecule has 0 saturated heterocycles. The van der Waals surface area contributed by atoms with Crippen LogP contribution in [0.25, 0.3) is 0 Å². The summed E-state index contributed by atoms with van der Waals surface area (Å²) in [6, 6.07) is 6.47. The molecule has 1 aromatic carbocycles. The lowest BCUT2D eigenvalue weighted by Crippen LogP contribution is -1.93. The topological polar surface area (TPSA) is 66.9 Å². The molecule has 0 radical (unpaired) electrons. The Morgan fingerprint density at radius 3 is 2.71 bits per heavy atom. The van der Waals surface area contributed by atoms with Gasteiger partial charge in [0.15, 0.2) is 0 Å². The standard InChI is InChI=1S/C9H7BrN2O2/c1-6(5-11)8-3-2-7(12(13)14)4-9(8)10/h2-4,6H,1H3. The van der Waals surface area contributed by atoms with E-state index in [1.807, 2.05) is 0 Å². The zero-order valence-corrected chi connectivity index (χ0v) is 8.98. The van der Waals surface area contributed by atoms with Crippen molar-refractivity contribution >= 4 is 21.6 Å². The molecule has 0 amide bonds. The average Bonchev–Trinajstić information content (AvgIpc) is 2.16. The van der Waals surface area contributed by atoms with Gasteiger partial charge in [-0.2, -0.15) is 5.26 Å². The number of halogens is 1. The summed E-state index contributed by atoms with van der Waals surface area (Å²) in [6.45, 7) is 1.74. The number of nitriles is 1. The molecule has 72 valence electrons. The van der Waals surface area contributed by atoms with Gasteiger partial charge >= 0.3 is 0 Å². The van der Waals surface area contributed by atoms with Crippen LogP contribution in [0.2, 0.25) is 0 Å². The summed E-state index contributed by atoms with van der Waals surface area (Å²) in [5.41, 5.74) is 0.781. The molecule has 5 heteroatoms. The molecule has 0 bridgehead atoms. The predicted molar refractivity (Wildman–Crippen MR) is 54.8 cm³/mol. The van der Waals surface area contributed by atoms with Gasteiger partial charge in [0.05, 0.1) is 16.9 Å². The molecule has 0 saturated carbocycles. The molecule has 1 unspecified atom stereocenters. The maximum absolute atomic E-state index is 10.4. The van der Waals surface area contributed by atoms with Crippen molar-refractivity contribution in [1.29, 1.82) is 5.26 Å². The average molecular weight is 255 g/mol. The Balaban J connectivity index is 3.15. The van der Waals surface area contributed by atoms with E-state index in [0.29, 0.717) is 4.47 Å². The van der Waals surface area contributed by atoms with Crippen LogP contribution >= 0.6 is 15.9 Å². The Hall–Kier alpha value is -1.41. The molecule has 0 spiro atoms. The highest BCUT2D eigenvalue weighted by atomic mass is 79.9. The molecule has 4 nitrogen and oxygen atoms in total. The molecule has 0 heterocycles. The Morgan fingerprint density at radius 1 is 1.64 bits per heavy atom. The smallest absolute Gasteiger partial charge is 0.258 e. The van der Waals surface area contributed by atoms with Gasteiger partial charge in [-0.1, -0.05) is 15.9 Å². The summed E-state index contributed by atoms with van der Waals surface area (Å²) < 4.78 is 0.598. The monoisotopic (exact) mass is 254 g/mol. The fraction of sp³-hybridized carbons (Fsp3) is 0.222. The third kappa shape index (κ3) is 2.09. The lowest BCUT2D eigenvalue weighted by molar-refractivity contribution is -0.384. The minimum atomic E-state index is -0.467. The van der Waals surface area contributed by atoms with Crippen molar-refractivity contribution in [3.05, 3.63) is 38.3 Å². The summed E-state index contributed by atoms with van der Waals surface area (Å²) in [7, 11) is 0. The number of nitro benzene ring substituents is 1. The van der Waals surface area contributed by atoms with Crippen LogP contribution in [0.4, 0.5) is 5.69 Å². The van der Waals surface area contributed by atoms with Gasteiger partial charge < -0.3 is 0 Å². The van der Waals surface area contributed by atoms with Gasteiger partial charge in [0.1, 0.15) is 0 Å². The van der Waals surface area contributed by atoms with Crippen molar-refractivity contribution in [2.45, 2.75) is 12.8 Å². The van der Waals surface area contributed by atoms with Crippen molar-refractivity contribution < 1.29 is 4.92 Å². The van der Waals surface area contributed by atoms with Crippen molar-refractivity contribution in [3.63, 3.8) is 0 Å². The van der Waals surface area contributed by atoms with Gasteiger partial charge in [-0.15, -0.1) is 0 Å². The number of benzene rings is 1. The molecular weight excluding hydrogens is 248 g/mol. The van der Waals surface area contributed by atoms with E-state index in [0.717, 1.165) is 5.56 Å². The zero-order valence-electron chi connectivity index (χ0n) is 7.40. The van der Waals surface area contributed by atoms with Crippen LogP contribution in [0.5, 0.6) is 0 Å². The Labute approximate surface area is 89.4 Å². The van der Waals surface area contributed by atoms with E-state index in [9.17, 15) is 10.1 Å². The van der Waals surface area contributed by atoms with Crippen molar-refractivity contribution in [3.8, 4) is 6.07 Å². The fourth-order valence-electron chi connectivity index (χ4n) is 1.05. The molecule has 1 atom stereocenters. The maximum atomic E-state index is 10.4. The summed E-state index contributed by atoms with van der Waals surface area (Å²) in [4.78, 5) is 9.96. The van der Waals surface area contributed by atoms with Gasteiger partial charge in [-0.05, 0) is 18.6 Å². The molecular formula is C9H7BrN2O2. The van der Waals surface area contributed by atoms with E-state index in [-0.39, 0.29) is 11.6 Å². The van der Waals surface area contributed by atoms with Crippen LogP contribution in [-0.4, -0.2) is 4.92 Å². The SMILES string of the molecule is CC(C#N)c1ccc([N+](=O)[O-])cc1Br. The van der Waals surface area contributed by atoms with Gasteiger partial charge in [-0.3, -0.25) is 10.1 Å². The van der Waals surface area contributed by atoms with Crippen LogP contribution in [0, 0.1) is 21.4 Å². The van der Waals surface area contributed by atoms with E-state index >= 15 is 0 Å². The minimum Gasteiger partial charge on any atom is -0.258 e. The Kier molecular flexibility index (Phi) is 3.20. The van der Waals surface area contributed by atoms with E-state index < -0.39 is 4.92 Å². The first kappa shape index (κ1) is 10.7. The van der Waals surface area contributed by atoms with Gasteiger partial charge in [0.25, 0.3) is 5.69 Å². The number of non-ortho nitro benzene ring substituents is 1. The number of rotatable bonds is 2. The highest BCUT2D eigenvalue weighted by molar-refractivity contribution is 9.10. The van der Waals surface area contributed by atoms with Crippen molar-refractivity contribution in [1.82, 2.24) is 0 Å². The minimum absolute atomic E-state index is 0.0192. The number of hydrogen-bond donors (Lipinski definition) is 0. The summed E-state index contributed by atoms with van der Waals surface area (Å²) >= 11 is 3.20. The predicted octanol–water partition coefficient (Wildman–Crippen LogP) is 2.98. The fourth-order valence-corrected chi connectivity index (χ4v) is 1.76. The highest BCUT2D eigenvalue weighted by Gasteiger charge is 2.12. The number of hydrogen-bond acceptors (Lipinski definition) is 3. The van der Waals surface area contributed by atoms with Crippen LogP contribution in [-0.2, 0) is 0 Å². The van der Waals surface area contributed by atoms with Crippen molar-refractivity contribution in [2.24, 2.45) is 0 Å². The third-order valence-corrected chi connectivity index (χ3v) is 2.54.